The minimum absolute atomic E-state index is 0.173. The van der Waals surface area contributed by atoms with Crippen molar-refractivity contribution < 1.29 is 9.32 Å². The average molecular weight is 362 g/mol. The number of benzene rings is 1. The molecule has 2 heterocycles. The summed E-state index contributed by atoms with van der Waals surface area (Å²) in [6, 6.07) is 8.60. The Labute approximate surface area is 153 Å². The number of halogens is 1. The van der Waals surface area contributed by atoms with E-state index in [0.29, 0.717) is 18.1 Å². The van der Waals surface area contributed by atoms with Crippen molar-refractivity contribution in [3.05, 3.63) is 51.9 Å². The van der Waals surface area contributed by atoms with E-state index in [2.05, 4.69) is 41.2 Å². The van der Waals surface area contributed by atoms with Gasteiger partial charge in [-0.2, -0.15) is 0 Å². The van der Waals surface area contributed by atoms with Crippen LogP contribution in [0.4, 0.5) is 0 Å². The Kier molecular flexibility index (Phi) is 5.76. The lowest BCUT2D eigenvalue weighted by molar-refractivity contribution is -0.133. The summed E-state index contributed by atoms with van der Waals surface area (Å²) in [7, 11) is 0. The number of carbonyl (C=O) groups excluding carboxylic acids is 1. The van der Waals surface area contributed by atoms with Crippen LogP contribution in [0, 0.1) is 13.8 Å². The second kappa shape index (κ2) is 8.02. The Bertz CT molecular complexity index is 717. The van der Waals surface area contributed by atoms with Gasteiger partial charge in [0.2, 0.25) is 11.1 Å². The molecule has 134 valence electrons. The van der Waals surface area contributed by atoms with Crippen LogP contribution in [0.3, 0.4) is 0 Å². The number of hydrogen-bond acceptors (Lipinski definition) is 4. The van der Waals surface area contributed by atoms with Gasteiger partial charge >= 0.3 is 0 Å². The van der Waals surface area contributed by atoms with E-state index in [-0.39, 0.29) is 5.91 Å². The van der Waals surface area contributed by atoms with Crippen molar-refractivity contribution in [1.82, 2.24) is 15.0 Å². The summed E-state index contributed by atoms with van der Waals surface area (Å²) in [6.07, 6.45) is 1.02. The molecule has 2 aromatic rings. The van der Waals surface area contributed by atoms with Gasteiger partial charge < -0.3 is 9.42 Å². The lowest BCUT2D eigenvalue weighted by atomic mass is 10.1. The van der Waals surface area contributed by atoms with Crippen LogP contribution in [0.2, 0.25) is 5.22 Å². The first kappa shape index (κ1) is 18.0. The van der Waals surface area contributed by atoms with E-state index < -0.39 is 0 Å². The molecule has 1 saturated heterocycles. The molecule has 1 aliphatic heterocycles. The smallest absolute Gasteiger partial charge is 0.229 e. The van der Waals surface area contributed by atoms with E-state index in [4.69, 9.17) is 16.1 Å². The van der Waals surface area contributed by atoms with Crippen molar-refractivity contribution >= 4 is 17.5 Å². The van der Waals surface area contributed by atoms with E-state index in [1.807, 2.05) is 11.8 Å². The maximum absolute atomic E-state index is 12.4. The molecule has 25 heavy (non-hydrogen) atoms. The van der Waals surface area contributed by atoms with Crippen LogP contribution in [-0.4, -0.2) is 47.0 Å². The molecule has 0 aliphatic carbocycles. The topological polar surface area (TPSA) is 49.6 Å². The highest BCUT2D eigenvalue weighted by atomic mass is 35.5. The van der Waals surface area contributed by atoms with Crippen molar-refractivity contribution in [2.45, 2.75) is 33.2 Å². The quantitative estimate of drug-likeness (QED) is 0.820. The Morgan fingerprint density at radius 3 is 2.64 bits per heavy atom. The van der Waals surface area contributed by atoms with Crippen LogP contribution in [0.15, 0.2) is 28.8 Å². The zero-order valence-corrected chi connectivity index (χ0v) is 15.6. The van der Waals surface area contributed by atoms with Crippen molar-refractivity contribution in [3.8, 4) is 0 Å². The van der Waals surface area contributed by atoms with Crippen LogP contribution in [0.5, 0.6) is 0 Å². The van der Waals surface area contributed by atoms with Gasteiger partial charge in [-0.25, -0.2) is 0 Å². The molecule has 0 saturated carbocycles. The summed E-state index contributed by atoms with van der Waals surface area (Å²) in [6.45, 7) is 8.28. The predicted molar refractivity (Wildman–Crippen MR) is 97.6 cm³/mol. The van der Waals surface area contributed by atoms with Crippen molar-refractivity contribution in [3.63, 3.8) is 0 Å². The largest absolute Gasteiger partial charge is 0.344 e. The molecular formula is C19H24ClN3O2. The molecular weight excluding hydrogens is 338 g/mol. The number of piperazine rings is 1. The fraction of sp³-hybridized carbons (Fsp3) is 0.474. The number of nitrogens with zero attached hydrogens (tertiary/aromatic N) is 3. The predicted octanol–water partition coefficient (Wildman–Crippen LogP) is 3.22. The van der Waals surface area contributed by atoms with Crippen molar-refractivity contribution in [2.75, 3.05) is 26.2 Å². The number of amides is 1. The molecule has 0 spiro atoms. The third kappa shape index (κ3) is 4.61. The summed E-state index contributed by atoms with van der Waals surface area (Å²) in [5.74, 6) is 0.173. The monoisotopic (exact) mass is 361 g/mol. The fourth-order valence-corrected chi connectivity index (χ4v) is 3.52. The van der Waals surface area contributed by atoms with Gasteiger partial charge in [0, 0.05) is 44.7 Å². The van der Waals surface area contributed by atoms with Gasteiger partial charge in [-0.1, -0.05) is 35.0 Å². The van der Waals surface area contributed by atoms with E-state index in [1.54, 1.807) is 0 Å². The van der Waals surface area contributed by atoms with E-state index in [0.717, 1.165) is 44.0 Å². The lowest BCUT2D eigenvalue weighted by Gasteiger charge is -2.35. The highest BCUT2D eigenvalue weighted by Gasteiger charge is 2.22. The Morgan fingerprint density at radius 1 is 1.24 bits per heavy atom. The van der Waals surface area contributed by atoms with Gasteiger partial charge in [0.05, 0.1) is 5.69 Å². The first-order valence-electron chi connectivity index (χ1n) is 8.69. The average Bonchev–Trinajstić information content (AvgIpc) is 2.92. The number of rotatable bonds is 5. The van der Waals surface area contributed by atoms with E-state index in [1.165, 1.54) is 11.1 Å². The van der Waals surface area contributed by atoms with Crippen LogP contribution in [-0.2, 0) is 17.8 Å². The molecule has 1 amide bonds. The first-order valence-corrected chi connectivity index (χ1v) is 9.07. The lowest BCUT2D eigenvalue weighted by Crippen LogP contribution is -2.48. The molecule has 5 nitrogen and oxygen atoms in total. The number of aryl methyl sites for hydroxylation is 2. The summed E-state index contributed by atoms with van der Waals surface area (Å²) >= 11 is 5.96. The molecule has 1 aromatic heterocycles. The van der Waals surface area contributed by atoms with Gasteiger partial charge in [0.25, 0.3) is 0 Å². The van der Waals surface area contributed by atoms with Gasteiger partial charge in [0.15, 0.2) is 0 Å². The van der Waals surface area contributed by atoms with Gasteiger partial charge in [-0.3, -0.25) is 9.69 Å². The number of hydrogen-bond donors (Lipinski definition) is 0. The van der Waals surface area contributed by atoms with Crippen LogP contribution >= 0.6 is 11.6 Å². The summed E-state index contributed by atoms with van der Waals surface area (Å²) in [5, 5.41) is 4.12. The summed E-state index contributed by atoms with van der Waals surface area (Å²) < 4.78 is 4.94. The van der Waals surface area contributed by atoms with Gasteiger partial charge in [0.1, 0.15) is 0 Å². The zero-order chi connectivity index (χ0) is 17.8. The van der Waals surface area contributed by atoms with Crippen molar-refractivity contribution in [1.29, 1.82) is 0 Å². The molecule has 0 bridgehead atoms. The second-order valence-corrected chi connectivity index (χ2v) is 7.01. The standard InChI is InChI=1S/C19H24ClN3O2/c1-14-4-3-5-16(12-14)13-22-8-10-23(11-9-22)18(24)7-6-17-15(2)21-25-19(17)20/h3-5,12H,6-11,13H2,1-2H3. The van der Waals surface area contributed by atoms with Crippen LogP contribution in [0.1, 0.15) is 28.8 Å². The van der Waals surface area contributed by atoms with E-state index in [9.17, 15) is 4.79 Å². The maximum atomic E-state index is 12.4. The molecule has 3 rings (SSSR count). The third-order valence-corrected chi connectivity index (χ3v) is 5.04. The minimum atomic E-state index is 0.173. The molecule has 0 radical (unpaired) electrons. The maximum Gasteiger partial charge on any atom is 0.229 e. The Balaban J connectivity index is 1.46. The first-order chi connectivity index (χ1) is 12.0. The fourth-order valence-electron chi connectivity index (χ4n) is 3.25. The zero-order valence-electron chi connectivity index (χ0n) is 14.8. The number of aromatic nitrogens is 1. The van der Waals surface area contributed by atoms with Crippen LogP contribution in [0.25, 0.3) is 0 Å². The summed E-state index contributed by atoms with van der Waals surface area (Å²) in [5.41, 5.74) is 4.22. The molecule has 1 aliphatic rings. The SMILES string of the molecule is Cc1cccc(CN2CCN(C(=O)CCc3c(C)noc3Cl)CC2)c1. The number of carbonyl (C=O) groups is 1. The molecule has 0 unspecified atom stereocenters. The van der Waals surface area contributed by atoms with E-state index >= 15 is 0 Å². The van der Waals surface area contributed by atoms with Gasteiger partial charge in [-0.05, 0) is 37.4 Å². The molecule has 0 atom stereocenters. The molecule has 1 fully saturated rings. The Morgan fingerprint density at radius 2 is 2.00 bits per heavy atom. The molecule has 0 N–H and O–H groups in total. The van der Waals surface area contributed by atoms with Gasteiger partial charge in [-0.15, -0.1) is 0 Å². The molecule has 6 heteroatoms. The highest BCUT2D eigenvalue weighted by molar-refractivity contribution is 6.29. The summed E-state index contributed by atoms with van der Waals surface area (Å²) in [4.78, 5) is 16.8. The van der Waals surface area contributed by atoms with Crippen molar-refractivity contribution in [2.24, 2.45) is 0 Å². The third-order valence-electron chi connectivity index (χ3n) is 4.74. The minimum Gasteiger partial charge on any atom is -0.344 e. The van der Waals surface area contributed by atoms with Crippen LogP contribution < -0.4 is 0 Å². The normalized spacial score (nSPS) is 15.6. The second-order valence-electron chi connectivity index (χ2n) is 6.67. The Hall–Kier alpha value is -1.85. The molecule has 1 aromatic carbocycles. The highest BCUT2D eigenvalue weighted by Crippen LogP contribution is 2.21.